The van der Waals surface area contributed by atoms with E-state index in [0.717, 1.165) is 34.1 Å². The highest BCUT2D eigenvalue weighted by atomic mass is 16.5. The van der Waals surface area contributed by atoms with Gasteiger partial charge in [0, 0.05) is 17.5 Å². The third-order valence-corrected chi connectivity index (χ3v) is 7.82. The van der Waals surface area contributed by atoms with Crippen molar-refractivity contribution < 1.29 is 14.3 Å². The fraction of sp³-hybridized carbons (Fsp3) is 0.194. The van der Waals surface area contributed by atoms with Crippen LogP contribution in [0.25, 0.3) is 22.2 Å². The molecule has 210 valence electrons. The fourth-order valence-corrected chi connectivity index (χ4v) is 5.60. The van der Waals surface area contributed by atoms with Gasteiger partial charge in [0.1, 0.15) is 12.3 Å². The van der Waals surface area contributed by atoms with Crippen LogP contribution in [0.1, 0.15) is 46.4 Å². The number of hydrogen-bond donors (Lipinski definition) is 1. The van der Waals surface area contributed by atoms with Gasteiger partial charge in [0.05, 0.1) is 30.1 Å². The summed E-state index contributed by atoms with van der Waals surface area (Å²) < 4.78 is 6.49. The second-order valence-corrected chi connectivity index (χ2v) is 10.5. The van der Waals surface area contributed by atoms with Crippen molar-refractivity contribution in [3.05, 3.63) is 131 Å². The van der Waals surface area contributed by atoms with E-state index in [9.17, 15) is 9.59 Å². The molecule has 0 fully saturated rings. The summed E-state index contributed by atoms with van der Waals surface area (Å²) in [5.74, 6) is 0.272. The van der Waals surface area contributed by atoms with Crippen LogP contribution in [-0.2, 0) is 17.8 Å². The summed E-state index contributed by atoms with van der Waals surface area (Å²) in [7, 11) is 0. The lowest BCUT2D eigenvalue weighted by molar-refractivity contribution is -0.132. The number of ether oxygens (including phenoxy) is 1. The van der Waals surface area contributed by atoms with E-state index >= 15 is 0 Å². The zero-order chi connectivity index (χ0) is 28.9. The van der Waals surface area contributed by atoms with E-state index in [4.69, 9.17) is 9.72 Å². The highest BCUT2D eigenvalue weighted by molar-refractivity contribution is 6.10. The maximum Gasteiger partial charge on any atom is 0.256 e. The monoisotopic (exact) mass is 555 g/mol. The van der Waals surface area contributed by atoms with Gasteiger partial charge in [-0.05, 0) is 29.2 Å². The van der Waals surface area contributed by atoms with Gasteiger partial charge in [-0.15, -0.1) is 0 Å². The third kappa shape index (κ3) is 5.61. The number of amides is 2. The molecule has 1 N–H and O–H groups in total. The van der Waals surface area contributed by atoms with Crippen LogP contribution in [0.4, 0.5) is 0 Å². The van der Waals surface area contributed by atoms with E-state index in [0.29, 0.717) is 42.0 Å². The summed E-state index contributed by atoms with van der Waals surface area (Å²) >= 11 is 0. The smallest absolute Gasteiger partial charge is 0.256 e. The van der Waals surface area contributed by atoms with Gasteiger partial charge in [0.25, 0.3) is 5.91 Å². The highest BCUT2D eigenvalue weighted by Crippen LogP contribution is 2.37. The predicted molar refractivity (Wildman–Crippen MR) is 165 cm³/mol. The first kappa shape index (κ1) is 27.2. The van der Waals surface area contributed by atoms with Gasteiger partial charge in [-0.3, -0.25) is 9.59 Å². The molecule has 2 heterocycles. The lowest BCUT2D eigenvalue weighted by Gasteiger charge is -2.29. The number of fused-ring (bicyclic) bond motifs is 2. The second kappa shape index (κ2) is 12.3. The molecule has 1 aliphatic rings. The zero-order valence-corrected chi connectivity index (χ0v) is 23.6. The Bertz CT molecular complexity index is 1720. The molecule has 1 aliphatic heterocycles. The first-order chi connectivity index (χ1) is 20.6. The maximum atomic E-state index is 14.2. The van der Waals surface area contributed by atoms with Crippen molar-refractivity contribution >= 4 is 22.7 Å². The van der Waals surface area contributed by atoms with Crippen molar-refractivity contribution in [1.82, 2.24) is 15.2 Å². The number of rotatable bonds is 9. The number of benzene rings is 4. The molecule has 0 spiro atoms. The van der Waals surface area contributed by atoms with E-state index in [2.05, 4.69) is 18.3 Å². The quantitative estimate of drug-likeness (QED) is 0.219. The number of aromatic nitrogens is 1. The molecule has 4 aromatic carbocycles. The van der Waals surface area contributed by atoms with Gasteiger partial charge in [-0.1, -0.05) is 110 Å². The summed E-state index contributed by atoms with van der Waals surface area (Å²) in [5, 5.41) is 3.98. The second-order valence-electron chi connectivity index (χ2n) is 10.5. The van der Waals surface area contributed by atoms with Crippen LogP contribution in [0, 0.1) is 0 Å². The summed E-state index contributed by atoms with van der Waals surface area (Å²) in [6, 6.07) is 35.3. The molecule has 42 heavy (non-hydrogen) atoms. The first-order valence-corrected chi connectivity index (χ1v) is 14.4. The summed E-state index contributed by atoms with van der Waals surface area (Å²) in [5.41, 5.74) is 5.89. The molecule has 2 amide bonds. The number of nitrogens with zero attached hydrogens (tertiary/aromatic N) is 2. The largest absolute Gasteiger partial charge is 0.489 e. The minimum atomic E-state index is -0.223. The predicted octanol–water partition coefficient (Wildman–Crippen LogP) is 6.75. The molecular weight excluding hydrogens is 522 g/mol. The maximum absolute atomic E-state index is 14.2. The van der Waals surface area contributed by atoms with E-state index in [1.165, 1.54) is 0 Å². The standard InChI is InChI=1S/C36H33N3O3/c1-2-30(25-13-5-3-6-14-25)38-36(41)33-29-19-11-12-20-31(29)37-34(26-15-7-4-8-16-26)35(33)42-22-21-39-24-28-18-10-9-17-27(28)23-32(39)40/h3-20,30H,2,21-24H2,1H3,(H,38,41). The number of hydrogen-bond acceptors (Lipinski definition) is 4. The lowest BCUT2D eigenvalue weighted by atomic mass is 9.99. The molecule has 0 bridgehead atoms. The van der Waals surface area contributed by atoms with Crippen molar-refractivity contribution in [3.63, 3.8) is 0 Å². The lowest BCUT2D eigenvalue weighted by Crippen LogP contribution is -2.38. The average Bonchev–Trinajstić information content (AvgIpc) is 3.04. The number of carbonyl (C=O) groups excluding carboxylic acids is 2. The van der Waals surface area contributed by atoms with Gasteiger partial charge < -0.3 is 15.0 Å². The van der Waals surface area contributed by atoms with Crippen LogP contribution in [0.15, 0.2) is 109 Å². The molecule has 0 saturated carbocycles. The molecule has 1 atom stereocenters. The van der Waals surface area contributed by atoms with Crippen molar-refractivity contribution in [1.29, 1.82) is 0 Å². The van der Waals surface area contributed by atoms with Gasteiger partial charge in [0.15, 0.2) is 5.75 Å². The third-order valence-electron chi connectivity index (χ3n) is 7.82. The van der Waals surface area contributed by atoms with Gasteiger partial charge in [-0.2, -0.15) is 0 Å². The first-order valence-electron chi connectivity index (χ1n) is 14.4. The Morgan fingerprint density at radius 2 is 1.55 bits per heavy atom. The molecule has 1 unspecified atom stereocenters. The molecule has 0 saturated heterocycles. The van der Waals surface area contributed by atoms with Crippen molar-refractivity contribution in [2.24, 2.45) is 0 Å². The number of para-hydroxylation sites is 1. The van der Waals surface area contributed by atoms with E-state index < -0.39 is 0 Å². The number of pyridine rings is 1. The van der Waals surface area contributed by atoms with Crippen LogP contribution in [0.3, 0.4) is 0 Å². The molecule has 0 aliphatic carbocycles. The minimum Gasteiger partial charge on any atom is -0.489 e. The van der Waals surface area contributed by atoms with Gasteiger partial charge in [-0.25, -0.2) is 4.98 Å². The van der Waals surface area contributed by atoms with Crippen LogP contribution < -0.4 is 10.1 Å². The Balaban J connectivity index is 1.37. The normalized spacial score (nSPS) is 13.5. The molecule has 0 radical (unpaired) electrons. The van der Waals surface area contributed by atoms with Crippen molar-refractivity contribution in [2.45, 2.75) is 32.4 Å². The summed E-state index contributed by atoms with van der Waals surface area (Å²) in [6.07, 6.45) is 1.12. The Labute approximate surface area is 246 Å². The van der Waals surface area contributed by atoms with Gasteiger partial charge in [0.2, 0.25) is 5.91 Å². The molecule has 1 aromatic heterocycles. The summed E-state index contributed by atoms with van der Waals surface area (Å²) in [6.45, 7) is 3.23. The number of carbonyl (C=O) groups is 2. The molecule has 5 aromatic rings. The van der Waals surface area contributed by atoms with E-state index in [-0.39, 0.29) is 24.5 Å². The van der Waals surface area contributed by atoms with Gasteiger partial charge >= 0.3 is 0 Å². The van der Waals surface area contributed by atoms with Crippen LogP contribution in [0.5, 0.6) is 5.75 Å². The van der Waals surface area contributed by atoms with Crippen LogP contribution >= 0.6 is 0 Å². The van der Waals surface area contributed by atoms with Crippen molar-refractivity contribution in [3.8, 4) is 17.0 Å². The Morgan fingerprint density at radius 1 is 0.881 bits per heavy atom. The minimum absolute atomic E-state index is 0.0730. The fourth-order valence-electron chi connectivity index (χ4n) is 5.60. The topological polar surface area (TPSA) is 71.5 Å². The highest BCUT2D eigenvalue weighted by Gasteiger charge is 2.26. The summed E-state index contributed by atoms with van der Waals surface area (Å²) in [4.78, 5) is 33.9. The average molecular weight is 556 g/mol. The van der Waals surface area contributed by atoms with Crippen LogP contribution in [-0.4, -0.2) is 34.8 Å². The zero-order valence-electron chi connectivity index (χ0n) is 23.6. The SMILES string of the molecule is CCC(NC(=O)c1c(OCCN2Cc3ccccc3CC2=O)c(-c2ccccc2)nc2ccccc12)c1ccccc1. The Hall–Kier alpha value is -4.97. The van der Waals surface area contributed by atoms with E-state index in [1.54, 1.807) is 0 Å². The Morgan fingerprint density at radius 3 is 2.31 bits per heavy atom. The van der Waals surface area contributed by atoms with Crippen molar-refractivity contribution in [2.75, 3.05) is 13.2 Å². The van der Waals surface area contributed by atoms with Crippen LogP contribution in [0.2, 0.25) is 0 Å². The molecule has 6 nitrogen and oxygen atoms in total. The molecule has 6 heteroatoms. The molecule has 6 rings (SSSR count). The number of nitrogens with one attached hydrogen (secondary N) is 1. The molecular formula is C36H33N3O3. The Kier molecular flexibility index (Phi) is 7.95. The van der Waals surface area contributed by atoms with E-state index in [1.807, 2.05) is 108 Å².